The SMILES string of the molecule is COC(=O)C1CC(O)CN1Cc1nc2ccccc2s1. The van der Waals surface area contributed by atoms with E-state index >= 15 is 0 Å². The summed E-state index contributed by atoms with van der Waals surface area (Å²) in [5, 5.41) is 10.7. The van der Waals surface area contributed by atoms with Gasteiger partial charge in [0.1, 0.15) is 11.0 Å². The van der Waals surface area contributed by atoms with Crippen LogP contribution in [0.2, 0.25) is 0 Å². The number of para-hydroxylation sites is 1. The molecule has 2 atom stereocenters. The number of aliphatic hydroxyl groups excluding tert-OH is 1. The van der Waals surface area contributed by atoms with Crippen LogP contribution in [0.4, 0.5) is 0 Å². The molecule has 1 aliphatic heterocycles. The molecule has 2 unspecified atom stereocenters. The highest BCUT2D eigenvalue weighted by Gasteiger charge is 2.37. The van der Waals surface area contributed by atoms with Gasteiger partial charge in [0, 0.05) is 13.0 Å². The fraction of sp³-hybridized carbons (Fsp3) is 0.429. The number of β-amino-alcohol motifs (C(OH)–C–C–N with tert-alkyl or cyclic N) is 1. The average Bonchev–Trinajstić information content (AvgIpc) is 3.01. The van der Waals surface area contributed by atoms with Gasteiger partial charge in [-0.1, -0.05) is 12.1 Å². The molecule has 0 aliphatic carbocycles. The van der Waals surface area contributed by atoms with E-state index in [0.717, 1.165) is 15.2 Å². The zero-order valence-electron chi connectivity index (χ0n) is 11.2. The summed E-state index contributed by atoms with van der Waals surface area (Å²) in [4.78, 5) is 18.2. The molecule has 1 N–H and O–H groups in total. The van der Waals surface area contributed by atoms with Crippen LogP contribution in [-0.2, 0) is 16.1 Å². The van der Waals surface area contributed by atoms with Crippen LogP contribution in [0.3, 0.4) is 0 Å². The van der Waals surface area contributed by atoms with Crippen LogP contribution in [0.5, 0.6) is 0 Å². The first kappa shape index (κ1) is 13.5. The molecular formula is C14H16N2O3S. The normalized spacial score (nSPS) is 23.3. The number of carbonyl (C=O) groups is 1. The number of benzene rings is 1. The van der Waals surface area contributed by atoms with Crippen molar-refractivity contribution >= 4 is 27.5 Å². The van der Waals surface area contributed by atoms with Gasteiger partial charge in [-0.25, -0.2) is 4.98 Å². The maximum Gasteiger partial charge on any atom is 0.323 e. The number of hydrogen-bond acceptors (Lipinski definition) is 6. The van der Waals surface area contributed by atoms with Crippen LogP contribution in [0.15, 0.2) is 24.3 Å². The van der Waals surface area contributed by atoms with Gasteiger partial charge in [-0.3, -0.25) is 9.69 Å². The van der Waals surface area contributed by atoms with Crippen molar-refractivity contribution in [3.05, 3.63) is 29.3 Å². The van der Waals surface area contributed by atoms with E-state index in [1.54, 1.807) is 11.3 Å². The number of rotatable bonds is 3. The van der Waals surface area contributed by atoms with Crippen molar-refractivity contribution in [2.75, 3.05) is 13.7 Å². The van der Waals surface area contributed by atoms with Crippen molar-refractivity contribution in [2.45, 2.75) is 25.1 Å². The van der Waals surface area contributed by atoms with Crippen LogP contribution in [0.25, 0.3) is 10.2 Å². The predicted molar refractivity (Wildman–Crippen MR) is 76.5 cm³/mol. The molecule has 1 fully saturated rings. The highest BCUT2D eigenvalue weighted by molar-refractivity contribution is 7.18. The molecule has 2 aromatic rings. The van der Waals surface area contributed by atoms with Crippen molar-refractivity contribution in [1.82, 2.24) is 9.88 Å². The van der Waals surface area contributed by atoms with Crippen molar-refractivity contribution in [2.24, 2.45) is 0 Å². The van der Waals surface area contributed by atoms with Crippen molar-refractivity contribution < 1.29 is 14.6 Å². The lowest BCUT2D eigenvalue weighted by atomic mass is 10.2. The molecule has 1 aromatic heterocycles. The Morgan fingerprint density at radius 3 is 3.10 bits per heavy atom. The van der Waals surface area contributed by atoms with Gasteiger partial charge in [0.2, 0.25) is 0 Å². The standard InChI is InChI=1S/C14H16N2O3S/c1-19-14(18)11-6-9(17)7-16(11)8-13-15-10-4-2-3-5-12(10)20-13/h2-5,9,11,17H,6-8H2,1H3. The van der Waals surface area contributed by atoms with Gasteiger partial charge in [-0.2, -0.15) is 0 Å². The third-order valence-corrected chi connectivity index (χ3v) is 4.55. The van der Waals surface area contributed by atoms with E-state index in [1.165, 1.54) is 7.11 Å². The Balaban J connectivity index is 1.80. The maximum atomic E-state index is 11.7. The molecule has 0 spiro atoms. The quantitative estimate of drug-likeness (QED) is 0.867. The van der Waals surface area contributed by atoms with Gasteiger partial charge in [-0.15, -0.1) is 11.3 Å². The highest BCUT2D eigenvalue weighted by Crippen LogP contribution is 2.26. The minimum Gasteiger partial charge on any atom is -0.468 e. The molecule has 0 bridgehead atoms. The Morgan fingerprint density at radius 2 is 2.35 bits per heavy atom. The van der Waals surface area contributed by atoms with E-state index in [0.29, 0.717) is 19.5 Å². The molecule has 1 saturated heterocycles. The van der Waals surface area contributed by atoms with Crippen molar-refractivity contribution in [1.29, 1.82) is 0 Å². The summed E-state index contributed by atoms with van der Waals surface area (Å²) in [5.41, 5.74) is 0.974. The molecule has 0 saturated carbocycles. The van der Waals surface area contributed by atoms with Gasteiger partial charge >= 0.3 is 5.97 Å². The smallest absolute Gasteiger partial charge is 0.323 e. The highest BCUT2D eigenvalue weighted by atomic mass is 32.1. The van der Waals surface area contributed by atoms with Gasteiger partial charge in [0.05, 0.1) is 30.0 Å². The van der Waals surface area contributed by atoms with E-state index in [2.05, 4.69) is 4.98 Å². The summed E-state index contributed by atoms with van der Waals surface area (Å²) < 4.78 is 5.94. The second-order valence-corrected chi connectivity index (χ2v) is 6.05. The minimum absolute atomic E-state index is 0.289. The molecule has 106 valence electrons. The van der Waals surface area contributed by atoms with Gasteiger partial charge in [0.15, 0.2) is 0 Å². The topological polar surface area (TPSA) is 62.7 Å². The van der Waals surface area contributed by atoms with Crippen LogP contribution >= 0.6 is 11.3 Å². The number of hydrogen-bond donors (Lipinski definition) is 1. The number of methoxy groups -OCH3 is 1. The number of esters is 1. The van der Waals surface area contributed by atoms with Gasteiger partial charge < -0.3 is 9.84 Å². The van der Waals surface area contributed by atoms with E-state index in [4.69, 9.17) is 4.74 Å². The maximum absolute atomic E-state index is 11.7. The number of fused-ring (bicyclic) bond motifs is 1. The summed E-state index contributed by atoms with van der Waals surface area (Å²) in [6.07, 6.45) is -0.0501. The molecule has 6 heteroatoms. The van der Waals surface area contributed by atoms with Crippen LogP contribution < -0.4 is 0 Å². The van der Waals surface area contributed by atoms with Crippen molar-refractivity contribution in [3.8, 4) is 0 Å². The van der Waals surface area contributed by atoms with Crippen molar-refractivity contribution in [3.63, 3.8) is 0 Å². The Bertz CT molecular complexity index is 595. The summed E-state index contributed by atoms with van der Waals surface area (Å²) >= 11 is 1.62. The third-order valence-electron chi connectivity index (χ3n) is 3.53. The monoisotopic (exact) mass is 292 g/mol. The number of aliphatic hydroxyl groups is 1. The second kappa shape index (κ2) is 5.47. The second-order valence-electron chi connectivity index (χ2n) is 4.93. The molecule has 5 nitrogen and oxygen atoms in total. The fourth-order valence-electron chi connectivity index (χ4n) is 2.60. The Morgan fingerprint density at radius 1 is 1.55 bits per heavy atom. The lowest BCUT2D eigenvalue weighted by Gasteiger charge is -2.20. The molecule has 0 amide bonds. The van der Waals surface area contributed by atoms with Gasteiger partial charge in [-0.05, 0) is 12.1 Å². The van der Waals surface area contributed by atoms with Crippen LogP contribution in [-0.4, -0.2) is 46.8 Å². The molecule has 3 rings (SSSR count). The number of ether oxygens (including phenoxy) is 1. The third kappa shape index (κ3) is 2.54. The summed E-state index contributed by atoms with van der Waals surface area (Å²) in [7, 11) is 1.38. The van der Waals surface area contributed by atoms with E-state index < -0.39 is 6.10 Å². The zero-order chi connectivity index (χ0) is 14.1. The van der Waals surface area contributed by atoms with Crippen LogP contribution in [0, 0.1) is 0 Å². The summed E-state index contributed by atoms with van der Waals surface area (Å²) in [6, 6.07) is 7.59. The largest absolute Gasteiger partial charge is 0.468 e. The molecular weight excluding hydrogens is 276 g/mol. The lowest BCUT2D eigenvalue weighted by Crippen LogP contribution is -2.36. The van der Waals surface area contributed by atoms with Gasteiger partial charge in [0.25, 0.3) is 0 Å². The number of aromatic nitrogens is 1. The average molecular weight is 292 g/mol. The van der Waals surface area contributed by atoms with E-state index in [-0.39, 0.29) is 12.0 Å². The Kier molecular flexibility index (Phi) is 3.69. The summed E-state index contributed by atoms with van der Waals surface area (Å²) in [5.74, 6) is -0.289. The molecule has 0 radical (unpaired) electrons. The lowest BCUT2D eigenvalue weighted by molar-refractivity contribution is -0.146. The zero-order valence-corrected chi connectivity index (χ0v) is 12.0. The number of likely N-dealkylation sites (tertiary alicyclic amines) is 1. The molecule has 20 heavy (non-hydrogen) atoms. The molecule has 1 aromatic carbocycles. The molecule has 1 aliphatic rings. The molecule has 2 heterocycles. The number of carbonyl (C=O) groups excluding carboxylic acids is 1. The minimum atomic E-state index is -0.478. The first-order valence-electron chi connectivity index (χ1n) is 6.52. The van der Waals surface area contributed by atoms with Crippen LogP contribution in [0.1, 0.15) is 11.4 Å². The fourth-order valence-corrected chi connectivity index (χ4v) is 3.59. The Labute approximate surface area is 120 Å². The first-order valence-corrected chi connectivity index (χ1v) is 7.33. The number of thiazole rings is 1. The predicted octanol–water partition coefficient (Wildman–Crippen LogP) is 1.40. The number of nitrogens with zero attached hydrogens (tertiary/aromatic N) is 2. The Hall–Kier alpha value is -1.50. The van der Waals surface area contributed by atoms with E-state index in [9.17, 15) is 9.90 Å². The van der Waals surface area contributed by atoms with E-state index in [1.807, 2.05) is 29.2 Å². The first-order chi connectivity index (χ1) is 9.67. The summed E-state index contributed by atoms with van der Waals surface area (Å²) in [6.45, 7) is 1.05.